The summed E-state index contributed by atoms with van der Waals surface area (Å²) in [6.07, 6.45) is 1.51. The Balaban J connectivity index is 1.45. The molecular formula is C19H14N2O5. The summed E-state index contributed by atoms with van der Waals surface area (Å²) in [5, 5.41) is 12.0. The molecule has 0 saturated carbocycles. The predicted octanol–water partition coefficient (Wildman–Crippen LogP) is 2.37. The van der Waals surface area contributed by atoms with Gasteiger partial charge in [0.1, 0.15) is 11.6 Å². The largest absolute Gasteiger partial charge is 0.454 e. The lowest BCUT2D eigenvalue weighted by molar-refractivity contribution is -0.117. The Hall–Kier alpha value is -3.66. The second-order valence-electron chi connectivity index (χ2n) is 5.65. The van der Waals surface area contributed by atoms with E-state index in [-0.39, 0.29) is 25.7 Å². The van der Waals surface area contributed by atoms with E-state index in [1.165, 1.54) is 6.08 Å². The fourth-order valence-electron chi connectivity index (χ4n) is 2.65. The van der Waals surface area contributed by atoms with Crippen LogP contribution in [0.25, 0.3) is 6.08 Å². The van der Waals surface area contributed by atoms with Crippen LogP contribution in [0.3, 0.4) is 0 Å². The first-order valence-electron chi connectivity index (χ1n) is 7.91. The number of fused-ring (bicyclic) bond motifs is 2. The zero-order valence-electron chi connectivity index (χ0n) is 13.7. The average Bonchev–Trinajstić information content (AvgIpc) is 3.32. The van der Waals surface area contributed by atoms with E-state index >= 15 is 0 Å². The van der Waals surface area contributed by atoms with E-state index in [0.29, 0.717) is 28.6 Å². The van der Waals surface area contributed by atoms with Crippen LogP contribution in [0.5, 0.6) is 23.0 Å². The fraction of sp³-hybridized carbons (Fsp3) is 0.158. The summed E-state index contributed by atoms with van der Waals surface area (Å²) in [6.45, 7) is 0.640. The van der Waals surface area contributed by atoms with Gasteiger partial charge in [-0.3, -0.25) is 4.79 Å². The SMILES string of the molecule is N#C/C(=C\c1ccc2c(c1)OCO2)C(=O)NCc1ccc2c(c1)OCO2. The summed E-state index contributed by atoms with van der Waals surface area (Å²) in [4.78, 5) is 12.3. The molecule has 0 fully saturated rings. The van der Waals surface area contributed by atoms with E-state index in [2.05, 4.69) is 5.32 Å². The van der Waals surface area contributed by atoms with Crippen molar-refractivity contribution in [2.45, 2.75) is 6.54 Å². The predicted molar refractivity (Wildman–Crippen MR) is 90.6 cm³/mol. The molecule has 0 radical (unpaired) electrons. The molecule has 2 aliphatic rings. The molecule has 7 heteroatoms. The van der Waals surface area contributed by atoms with E-state index in [0.717, 1.165) is 5.56 Å². The fourth-order valence-corrected chi connectivity index (χ4v) is 2.65. The van der Waals surface area contributed by atoms with Crippen LogP contribution >= 0.6 is 0 Å². The van der Waals surface area contributed by atoms with Crippen LogP contribution in [0.15, 0.2) is 42.0 Å². The van der Waals surface area contributed by atoms with Crippen LogP contribution < -0.4 is 24.3 Å². The number of carbonyl (C=O) groups is 1. The van der Waals surface area contributed by atoms with Gasteiger partial charge in [0.2, 0.25) is 13.6 Å². The minimum atomic E-state index is -0.456. The highest BCUT2D eigenvalue weighted by molar-refractivity contribution is 6.01. The first-order chi connectivity index (χ1) is 12.7. The van der Waals surface area contributed by atoms with Crippen molar-refractivity contribution in [1.29, 1.82) is 5.26 Å². The Morgan fingerprint density at radius 2 is 1.65 bits per heavy atom. The third kappa shape index (κ3) is 3.13. The molecule has 0 aromatic heterocycles. The number of carbonyl (C=O) groups excluding carboxylic acids is 1. The normalized spacial score (nSPS) is 14.0. The van der Waals surface area contributed by atoms with Crippen LogP contribution in [0.4, 0.5) is 0 Å². The third-order valence-corrected chi connectivity index (χ3v) is 3.96. The van der Waals surface area contributed by atoms with Crippen molar-refractivity contribution in [3.63, 3.8) is 0 Å². The number of nitriles is 1. The topological polar surface area (TPSA) is 89.8 Å². The molecule has 0 unspecified atom stereocenters. The highest BCUT2D eigenvalue weighted by atomic mass is 16.7. The molecule has 0 aliphatic carbocycles. The van der Waals surface area contributed by atoms with Crippen molar-refractivity contribution in [3.8, 4) is 29.1 Å². The van der Waals surface area contributed by atoms with Crippen LogP contribution in [-0.2, 0) is 11.3 Å². The first kappa shape index (κ1) is 15.8. The van der Waals surface area contributed by atoms with Gasteiger partial charge in [-0.25, -0.2) is 0 Å². The zero-order valence-corrected chi connectivity index (χ0v) is 13.7. The maximum atomic E-state index is 12.3. The number of nitrogens with zero attached hydrogens (tertiary/aromatic N) is 1. The van der Waals surface area contributed by atoms with Crippen molar-refractivity contribution in [2.75, 3.05) is 13.6 Å². The average molecular weight is 350 g/mol. The molecule has 2 aliphatic heterocycles. The van der Waals surface area contributed by atoms with E-state index in [9.17, 15) is 10.1 Å². The molecule has 0 saturated heterocycles. The van der Waals surface area contributed by atoms with Gasteiger partial charge >= 0.3 is 0 Å². The van der Waals surface area contributed by atoms with Gasteiger partial charge in [0, 0.05) is 6.54 Å². The Morgan fingerprint density at radius 1 is 1.00 bits per heavy atom. The summed E-state index contributed by atoms with van der Waals surface area (Å²) >= 11 is 0. The van der Waals surface area contributed by atoms with Gasteiger partial charge in [-0.05, 0) is 41.5 Å². The summed E-state index contributed by atoms with van der Waals surface area (Å²) in [5.74, 6) is 2.11. The third-order valence-electron chi connectivity index (χ3n) is 3.96. The van der Waals surface area contributed by atoms with Gasteiger partial charge in [-0.2, -0.15) is 5.26 Å². The molecule has 2 heterocycles. The lowest BCUT2D eigenvalue weighted by atomic mass is 10.1. The lowest BCUT2D eigenvalue weighted by Crippen LogP contribution is -2.23. The van der Waals surface area contributed by atoms with Crippen LogP contribution in [0.2, 0.25) is 0 Å². The molecule has 1 amide bonds. The number of benzene rings is 2. The molecular weight excluding hydrogens is 336 g/mol. The van der Waals surface area contributed by atoms with Crippen LogP contribution in [-0.4, -0.2) is 19.5 Å². The van der Waals surface area contributed by atoms with Gasteiger partial charge in [0.05, 0.1) is 0 Å². The van der Waals surface area contributed by atoms with Crippen LogP contribution in [0, 0.1) is 11.3 Å². The summed E-state index contributed by atoms with van der Waals surface area (Å²) in [6, 6.07) is 12.6. The van der Waals surface area contributed by atoms with Crippen molar-refractivity contribution in [2.24, 2.45) is 0 Å². The monoisotopic (exact) mass is 350 g/mol. The lowest BCUT2D eigenvalue weighted by Gasteiger charge is -2.06. The minimum Gasteiger partial charge on any atom is -0.454 e. The Morgan fingerprint density at radius 3 is 2.38 bits per heavy atom. The number of nitrogens with one attached hydrogen (secondary N) is 1. The van der Waals surface area contributed by atoms with E-state index in [1.807, 2.05) is 12.1 Å². The van der Waals surface area contributed by atoms with Gasteiger partial charge in [-0.1, -0.05) is 12.1 Å². The van der Waals surface area contributed by atoms with E-state index in [4.69, 9.17) is 18.9 Å². The molecule has 130 valence electrons. The molecule has 2 aromatic carbocycles. The summed E-state index contributed by atoms with van der Waals surface area (Å²) < 4.78 is 21.1. The number of amides is 1. The van der Waals surface area contributed by atoms with Gasteiger partial charge < -0.3 is 24.3 Å². The minimum absolute atomic E-state index is 0.00427. The van der Waals surface area contributed by atoms with E-state index in [1.54, 1.807) is 30.3 Å². The van der Waals surface area contributed by atoms with Gasteiger partial charge in [-0.15, -0.1) is 0 Å². The first-order valence-corrected chi connectivity index (χ1v) is 7.91. The molecule has 7 nitrogen and oxygen atoms in total. The second-order valence-corrected chi connectivity index (χ2v) is 5.65. The molecule has 1 N–H and O–H groups in total. The molecule has 4 rings (SSSR count). The number of ether oxygens (including phenoxy) is 4. The Labute approximate surface area is 149 Å². The highest BCUT2D eigenvalue weighted by Gasteiger charge is 2.16. The second kappa shape index (κ2) is 6.69. The molecule has 2 aromatic rings. The van der Waals surface area contributed by atoms with Gasteiger partial charge in [0.25, 0.3) is 5.91 Å². The number of hydrogen-bond acceptors (Lipinski definition) is 6. The molecule has 0 atom stereocenters. The number of rotatable bonds is 4. The zero-order chi connectivity index (χ0) is 17.9. The smallest absolute Gasteiger partial charge is 0.262 e. The van der Waals surface area contributed by atoms with Crippen LogP contribution in [0.1, 0.15) is 11.1 Å². The maximum Gasteiger partial charge on any atom is 0.262 e. The molecule has 0 bridgehead atoms. The standard InChI is InChI=1S/C19H14N2O5/c20-8-14(5-12-1-3-15-17(6-12)25-10-23-15)19(22)21-9-13-2-4-16-18(7-13)26-11-24-16/h1-7H,9-11H2,(H,21,22)/b14-5+. The molecule has 0 spiro atoms. The van der Waals surface area contributed by atoms with Crippen molar-refractivity contribution in [3.05, 3.63) is 53.1 Å². The quantitative estimate of drug-likeness (QED) is 0.673. The van der Waals surface area contributed by atoms with Gasteiger partial charge in [0.15, 0.2) is 23.0 Å². The van der Waals surface area contributed by atoms with E-state index < -0.39 is 5.91 Å². The maximum absolute atomic E-state index is 12.3. The van der Waals surface area contributed by atoms with Crippen molar-refractivity contribution in [1.82, 2.24) is 5.32 Å². The number of hydrogen-bond donors (Lipinski definition) is 1. The summed E-state index contributed by atoms with van der Waals surface area (Å²) in [7, 11) is 0. The Bertz CT molecular complexity index is 945. The van der Waals surface area contributed by atoms with Crippen molar-refractivity contribution < 1.29 is 23.7 Å². The summed E-state index contributed by atoms with van der Waals surface area (Å²) in [5.41, 5.74) is 1.54. The van der Waals surface area contributed by atoms with Crippen molar-refractivity contribution >= 4 is 12.0 Å². The molecule has 26 heavy (non-hydrogen) atoms. The Kier molecular flexibility index (Phi) is 4.07. The highest BCUT2D eigenvalue weighted by Crippen LogP contribution is 2.33.